The van der Waals surface area contributed by atoms with Crippen LogP contribution in [0.15, 0.2) is 0 Å². The van der Waals surface area contributed by atoms with Crippen molar-refractivity contribution < 1.29 is 4.79 Å². The average molecular weight is 372 g/mol. The van der Waals surface area contributed by atoms with Crippen LogP contribution < -0.4 is 10.6 Å². The van der Waals surface area contributed by atoms with E-state index in [1.807, 2.05) is 11.8 Å². The monoisotopic (exact) mass is 371 g/mol. The molecule has 2 aliphatic heterocycles. The van der Waals surface area contributed by atoms with E-state index < -0.39 is 0 Å². The fourth-order valence-corrected chi connectivity index (χ4v) is 4.00. The van der Waals surface area contributed by atoms with Gasteiger partial charge in [0.1, 0.15) is 0 Å². The number of amides is 1. The minimum atomic E-state index is 0. The largest absolute Gasteiger partial charge is 0.356 e. The number of nitrogens with zero attached hydrogens (tertiary/aromatic N) is 1. The van der Waals surface area contributed by atoms with Crippen LogP contribution >= 0.6 is 36.6 Å². The molecule has 2 saturated heterocycles. The number of hydrogen-bond acceptors (Lipinski definition) is 4. The molecular weight excluding hydrogens is 341 g/mol. The van der Waals surface area contributed by atoms with Gasteiger partial charge in [-0.15, -0.1) is 24.8 Å². The summed E-state index contributed by atoms with van der Waals surface area (Å²) < 4.78 is 0. The highest BCUT2D eigenvalue weighted by Gasteiger charge is 2.18. The summed E-state index contributed by atoms with van der Waals surface area (Å²) >= 11 is 1.94. The summed E-state index contributed by atoms with van der Waals surface area (Å²) in [5, 5.41) is 6.48. The molecule has 1 amide bonds. The molecule has 0 radical (unpaired) electrons. The Bertz CT molecular complexity index is 305. The lowest BCUT2D eigenvalue weighted by molar-refractivity contribution is -0.121. The normalized spacial score (nSPS) is 25.7. The minimum Gasteiger partial charge on any atom is -0.356 e. The lowest BCUT2D eigenvalue weighted by atomic mass is 10.0. The van der Waals surface area contributed by atoms with Gasteiger partial charge in [0.05, 0.1) is 0 Å². The van der Waals surface area contributed by atoms with E-state index in [0.29, 0.717) is 12.5 Å². The van der Waals surface area contributed by atoms with Gasteiger partial charge in [-0.2, -0.15) is 11.8 Å². The maximum Gasteiger partial charge on any atom is 0.221 e. The second-order valence-electron chi connectivity index (χ2n) is 6.01. The van der Waals surface area contributed by atoms with Crippen molar-refractivity contribution in [3.8, 4) is 0 Å². The fraction of sp³-hybridized carbons (Fsp3) is 0.933. The molecule has 0 aromatic carbocycles. The van der Waals surface area contributed by atoms with Gasteiger partial charge in [-0.25, -0.2) is 0 Å². The zero-order valence-corrected chi connectivity index (χ0v) is 16.0. The summed E-state index contributed by atoms with van der Waals surface area (Å²) in [6, 6.07) is 1.10. The lowest BCUT2D eigenvalue weighted by Gasteiger charge is -2.33. The molecule has 0 spiro atoms. The number of nitrogens with one attached hydrogen (secondary N) is 2. The third-order valence-corrected chi connectivity index (χ3v) is 5.45. The molecule has 2 fully saturated rings. The first-order chi connectivity index (χ1) is 9.75. The summed E-state index contributed by atoms with van der Waals surface area (Å²) in [7, 11) is 0. The van der Waals surface area contributed by atoms with Crippen molar-refractivity contribution in [3.05, 3.63) is 0 Å². The third kappa shape index (κ3) is 8.25. The van der Waals surface area contributed by atoms with Gasteiger partial charge >= 0.3 is 0 Å². The molecular formula is C15H31Cl2N3OS. The van der Waals surface area contributed by atoms with Crippen LogP contribution in [0.3, 0.4) is 0 Å². The molecule has 2 heterocycles. The summed E-state index contributed by atoms with van der Waals surface area (Å²) in [6.45, 7) is 6.54. The van der Waals surface area contributed by atoms with Gasteiger partial charge in [-0.1, -0.05) is 6.42 Å². The molecule has 0 bridgehead atoms. The van der Waals surface area contributed by atoms with Crippen molar-refractivity contribution in [1.82, 2.24) is 15.5 Å². The Morgan fingerprint density at radius 2 is 2.18 bits per heavy atom. The third-order valence-electron chi connectivity index (χ3n) is 4.32. The fourth-order valence-electron chi connectivity index (χ4n) is 3.05. The summed E-state index contributed by atoms with van der Waals surface area (Å²) in [4.78, 5) is 14.4. The van der Waals surface area contributed by atoms with Crippen molar-refractivity contribution in [3.63, 3.8) is 0 Å². The maximum absolute atomic E-state index is 11.9. The van der Waals surface area contributed by atoms with Crippen LogP contribution in [0.4, 0.5) is 0 Å². The second kappa shape index (κ2) is 12.7. The van der Waals surface area contributed by atoms with Gasteiger partial charge in [-0.05, 0) is 32.7 Å². The topological polar surface area (TPSA) is 44.4 Å². The van der Waals surface area contributed by atoms with Crippen LogP contribution in [0.1, 0.15) is 39.0 Å². The van der Waals surface area contributed by atoms with Crippen LogP contribution in [-0.4, -0.2) is 60.6 Å². The van der Waals surface area contributed by atoms with E-state index in [1.165, 1.54) is 31.6 Å². The number of rotatable bonds is 6. The van der Waals surface area contributed by atoms with Crippen LogP contribution in [0.5, 0.6) is 0 Å². The standard InChI is InChI=1S/C15H29N3OS.2ClH/c1-13-5-2-3-8-18(13)9-4-6-17-15(19)11-14-12-20-10-7-16-14;;/h13-14,16H,2-12H2,1H3,(H,17,19);2*1H. The van der Waals surface area contributed by atoms with E-state index in [-0.39, 0.29) is 30.7 Å². The molecule has 0 saturated carbocycles. The zero-order valence-electron chi connectivity index (χ0n) is 13.5. The molecule has 4 nitrogen and oxygen atoms in total. The molecule has 0 aliphatic carbocycles. The number of hydrogen-bond donors (Lipinski definition) is 2. The molecule has 2 N–H and O–H groups in total. The van der Waals surface area contributed by atoms with Crippen LogP contribution in [0.2, 0.25) is 0 Å². The molecule has 0 aromatic heterocycles. The Hall–Kier alpha value is 0.320. The Morgan fingerprint density at radius 1 is 1.36 bits per heavy atom. The Labute approximate surface area is 151 Å². The van der Waals surface area contributed by atoms with Crippen LogP contribution in [0.25, 0.3) is 0 Å². The van der Waals surface area contributed by atoms with Gasteiger partial charge in [-0.3, -0.25) is 4.79 Å². The van der Waals surface area contributed by atoms with Gasteiger partial charge in [0.25, 0.3) is 0 Å². The van der Waals surface area contributed by atoms with E-state index in [9.17, 15) is 4.79 Å². The number of halogens is 2. The minimum absolute atomic E-state index is 0. The maximum atomic E-state index is 11.9. The molecule has 132 valence electrons. The van der Waals surface area contributed by atoms with Gasteiger partial charge in [0, 0.05) is 49.6 Å². The molecule has 2 unspecified atom stereocenters. The van der Waals surface area contributed by atoms with Crippen LogP contribution in [-0.2, 0) is 4.79 Å². The first-order valence-corrected chi connectivity index (χ1v) is 9.23. The highest BCUT2D eigenvalue weighted by atomic mass is 35.5. The SMILES string of the molecule is CC1CCCCN1CCCNC(=O)CC1CSCCN1.Cl.Cl. The first kappa shape index (κ1) is 22.3. The highest BCUT2D eigenvalue weighted by molar-refractivity contribution is 7.99. The number of thioether (sulfide) groups is 1. The van der Waals surface area contributed by atoms with Gasteiger partial charge < -0.3 is 15.5 Å². The Kier molecular flexibility index (Phi) is 12.9. The predicted octanol–water partition coefficient (Wildman–Crippen LogP) is 2.31. The average Bonchev–Trinajstić information content (AvgIpc) is 2.46. The van der Waals surface area contributed by atoms with E-state index in [2.05, 4.69) is 22.5 Å². The van der Waals surface area contributed by atoms with E-state index in [4.69, 9.17) is 0 Å². The molecule has 22 heavy (non-hydrogen) atoms. The summed E-state index contributed by atoms with van der Waals surface area (Å²) in [6.07, 6.45) is 5.75. The van der Waals surface area contributed by atoms with Crippen molar-refractivity contribution >= 4 is 42.5 Å². The molecule has 2 rings (SSSR count). The molecule has 2 aliphatic rings. The van der Waals surface area contributed by atoms with Crippen molar-refractivity contribution in [1.29, 1.82) is 0 Å². The number of piperidine rings is 1. The molecule has 7 heteroatoms. The Balaban J connectivity index is 0.00000220. The van der Waals surface area contributed by atoms with Gasteiger partial charge in [0.15, 0.2) is 0 Å². The van der Waals surface area contributed by atoms with Gasteiger partial charge in [0.2, 0.25) is 5.91 Å². The molecule has 2 atom stereocenters. The lowest BCUT2D eigenvalue weighted by Crippen LogP contribution is -2.42. The Morgan fingerprint density at radius 3 is 2.86 bits per heavy atom. The number of carbonyl (C=O) groups is 1. The van der Waals surface area contributed by atoms with E-state index in [0.717, 1.165) is 37.8 Å². The van der Waals surface area contributed by atoms with Crippen molar-refractivity contribution in [2.45, 2.75) is 51.1 Å². The number of carbonyl (C=O) groups excluding carboxylic acids is 1. The van der Waals surface area contributed by atoms with E-state index in [1.54, 1.807) is 0 Å². The zero-order chi connectivity index (χ0) is 14.2. The van der Waals surface area contributed by atoms with Crippen molar-refractivity contribution in [2.24, 2.45) is 0 Å². The van der Waals surface area contributed by atoms with E-state index >= 15 is 0 Å². The highest BCUT2D eigenvalue weighted by Crippen LogP contribution is 2.16. The smallest absolute Gasteiger partial charge is 0.221 e. The number of likely N-dealkylation sites (tertiary alicyclic amines) is 1. The first-order valence-electron chi connectivity index (χ1n) is 8.07. The predicted molar refractivity (Wildman–Crippen MR) is 101 cm³/mol. The summed E-state index contributed by atoms with van der Waals surface area (Å²) in [5.74, 6) is 2.45. The second-order valence-corrected chi connectivity index (χ2v) is 7.16. The summed E-state index contributed by atoms with van der Waals surface area (Å²) in [5.41, 5.74) is 0. The quantitative estimate of drug-likeness (QED) is 0.703. The van der Waals surface area contributed by atoms with Crippen LogP contribution in [0, 0.1) is 0 Å². The molecule has 0 aromatic rings. The van der Waals surface area contributed by atoms with Crippen molar-refractivity contribution in [2.75, 3.05) is 37.7 Å².